The van der Waals surface area contributed by atoms with Crippen molar-refractivity contribution in [3.63, 3.8) is 0 Å². The van der Waals surface area contributed by atoms with Crippen molar-refractivity contribution in [1.29, 1.82) is 0 Å². The molecule has 0 fully saturated rings. The molecule has 1 aliphatic rings. The van der Waals surface area contributed by atoms with E-state index in [1.54, 1.807) is 12.1 Å². The third-order valence-corrected chi connectivity index (χ3v) is 9.74. The zero-order valence-electron chi connectivity index (χ0n) is 26.9. The van der Waals surface area contributed by atoms with Crippen molar-refractivity contribution in [2.45, 2.75) is 84.0 Å². The molecule has 13 heteroatoms. The van der Waals surface area contributed by atoms with Crippen LogP contribution in [0, 0.1) is 11.8 Å². The van der Waals surface area contributed by atoms with E-state index in [1.165, 1.54) is 6.39 Å². The number of nitrogens with zero attached hydrogens (tertiary/aromatic N) is 2. The van der Waals surface area contributed by atoms with Crippen LogP contribution in [0.5, 0.6) is 0 Å². The smallest absolute Gasteiger partial charge is 0.408 e. The topological polar surface area (TPSA) is 151 Å². The number of carbonyl (C=O) groups excluding carboxylic acids is 3. The van der Waals surface area contributed by atoms with E-state index in [-0.39, 0.29) is 37.2 Å². The first-order valence-corrected chi connectivity index (χ1v) is 16.7. The van der Waals surface area contributed by atoms with E-state index < -0.39 is 35.5 Å². The maximum absolute atomic E-state index is 14.5. The normalized spacial score (nSPS) is 18.4. The van der Waals surface area contributed by atoms with Crippen LogP contribution in [0.25, 0.3) is 10.9 Å². The number of nitrogens with one attached hydrogen (secondary N) is 4. The van der Waals surface area contributed by atoms with Crippen LogP contribution < -0.4 is 16.0 Å². The lowest BCUT2D eigenvalue weighted by atomic mass is 9.78. The van der Waals surface area contributed by atoms with Crippen molar-refractivity contribution in [2.24, 2.45) is 11.8 Å². The van der Waals surface area contributed by atoms with Crippen LogP contribution in [0.1, 0.15) is 75.7 Å². The van der Waals surface area contributed by atoms with Crippen LogP contribution in [-0.2, 0) is 33.8 Å². The van der Waals surface area contributed by atoms with E-state index in [0.29, 0.717) is 28.4 Å². The Morgan fingerprint density at radius 1 is 1.06 bits per heavy atom. The zero-order valence-corrected chi connectivity index (χ0v) is 28.4. The van der Waals surface area contributed by atoms with Crippen molar-refractivity contribution in [3.05, 3.63) is 81.6 Å². The van der Waals surface area contributed by atoms with Crippen LogP contribution in [0.15, 0.2) is 53.3 Å². The third-order valence-electron chi connectivity index (χ3n) is 9.22. The molecule has 5 atom stereocenters. The number of aromatic amines is 1. The summed E-state index contributed by atoms with van der Waals surface area (Å²) >= 11 is 12.9. The number of benzene rings is 2. The van der Waals surface area contributed by atoms with Gasteiger partial charge in [-0.05, 0) is 47.9 Å². The van der Waals surface area contributed by atoms with Gasteiger partial charge in [0.05, 0.1) is 10.5 Å². The summed E-state index contributed by atoms with van der Waals surface area (Å²) < 4.78 is 11.0. The van der Waals surface area contributed by atoms with Gasteiger partial charge in [0.2, 0.25) is 24.1 Å². The van der Waals surface area contributed by atoms with Gasteiger partial charge in [-0.2, -0.15) is 0 Å². The Labute approximate surface area is 283 Å². The molecule has 0 radical (unpaired) electrons. The second kappa shape index (κ2) is 14.8. The van der Waals surface area contributed by atoms with Crippen molar-refractivity contribution < 1.29 is 23.5 Å². The van der Waals surface area contributed by atoms with Crippen LogP contribution in [0.4, 0.5) is 4.79 Å². The van der Waals surface area contributed by atoms with Crippen molar-refractivity contribution in [3.8, 4) is 0 Å². The quantitative estimate of drug-likeness (QED) is 0.134. The fourth-order valence-corrected chi connectivity index (χ4v) is 6.56. The molecule has 2 unspecified atom stereocenters. The SMILES string of the molecule is CCC(C)[C@H](NC(=O)OCc1ccccc1)C(=O)N[C@]1(C(=O)N[C@H](c2nnco2)C(C)CC)CCc2[nH]c3c(Cl)cc(Cl)cc3c2C1. The van der Waals surface area contributed by atoms with Crippen LogP contribution in [0.2, 0.25) is 10.0 Å². The molecule has 4 N–H and O–H groups in total. The number of alkyl carbamates (subject to hydrolysis) is 1. The van der Waals surface area contributed by atoms with Crippen molar-refractivity contribution in [1.82, 2.24) is 31.1 Å². The second-order valence-electron chi connectivity index (χ2n) is 12.3. The molecule has 0 saturated carbocycles. The number of carbonyl (C=O) groups is 3. The average molecular weight is 684 g/mol. The standard InChI is InChI=1S/C34H40Cl2N6O5/c1-5-19(3)27(40-33(45)46-17-21-10-8-7-9-11-21)30(43)41-34(32(44)39-28(20(4)6-2)31-42-37-18-47-31)13-12-26-24(16-34)23-14-22(35)15-25(36)29(23)38-26/h7-11,14-15,18-20,27-28,38H,5-6,12-13,16-17H2,1-4H3,(H,39,44)(H,40,45)(H,41,43)/t19?,20?,27-,28-,34+/m0/s1. The summed E-state index contributed by atoms with van der Waals surface area (Å²) in [6.45, 7) is 7.83. The number of H-pyrrole nitrogens is 1. The molecule has 4 aromatic rings. The molecule has 3 amide bonds. The predicted octanol–water partition coefficient (Wildman–Crippen LogP) is 6.45. The van der Waals surface area contributed by atoms with Gasteiger partial charge in [-0.15, -0.1) is 10.2 Å². The van der Waals surface area contributed by atoms with Gasteiger partial charge in [0.1, 0.15) is 24.2 Å². The number of hydrogen-bond acceptors (Lipinski definition) is 7. The van der Waals surface area contributed by atoms with E-state index in [0.717, 1.165) is 28.6 Å². The number of aromatic nitrogens is 3. The summed E-state index contributed by atoms with van der Waals surface area (Å²) in [5, 5.41) is 18.5. The molecule has 2 aromatic heterocycles. The van der Waals surface area contributed by atoms with Gasteiger partial charge in [-0.3, -0.25) is 9.59 Å². The second-order valence-corrected chi connectivity index (χ2v) is 13.2. The highest BCUT2D eigenvalue weighted by Crippen LogP contribution is 2.39. The molecule has 2 heterocycles. The number of amides is 3. The van der Waals surface area contributed by atoms with Gasteiger partial charge in [-0.1, -0.05) is 94.1 Å². The minimum absolute atomic E-state index is 0.0501. The largest absolute Gasteiger partial charge is 0.445 e. The molecule has 0 aliphatic heterocycles. The average Bonchev–Trinajstić information content (AvgIpc) is 3.73. The summed E-state index contributed by atoms with van der Waals surface area (Å²) in [4.78, 5) is 45.1. The molecule has 2 aromatic carbocycles. The van der Waals surface area contributed by atoms with E-state index in [1.807, 2.05) is 58.0 Å². The lowest BCUT2D eigenvalue weighted by molar-refractivity contribution is -0.136. The highest BCUT2D eigenvalue weighted by atomic mass is 35.5. The molecule has 0 saturated heterocycles. The van der Waals surface area contributed by atoms with Gasteiger partial charge in [0.15, 0.2) is 0 Å². The van der Waals surface area contributed by atoms with Crippen molar-refractivity contribution in [2.75, 3.05) is 0 Å². The highest BCUT2D eigenvalue weighted by Gasteiger charge is 2.47. The molecule has 0 bridgehead atoms. The molecular formula is C34H40Cl2N6O5. The minimum atomic E-state index is -1.40. The highest BCUT2D eigenvalue weighted by molar-refractivity contribution is 6.38. The first-order valence-electron chi connectivity index (χ1n) is 15.9. The third kappa shape index (κ3) is 7.57. The van der Waals surface area contributed by atoms with Gasteiger partial charge in [-0.25, -0.2) is 4.79 Å². The number of ether oxygens (including phenoxy) is 1. The zero-order chi connectivity index (χ0) is 33.7. The Hall–Kier alpha value is -4.09. The number of hydrogen-bond donors (Lipinski definition) is 4. The van der Waals surface area contributed by atoms with E-state index in [2.05, 4.69) is 31.1 Å². The summed E-state index contributed by atoms with van der Waals surface area (Å²) in [5.74, 6) is -0.946. The number of halogens is 2. The van der Waals surface area contributed by atoms with E-state index in [9.17, 15) is 14.4 Å². The van der Waals surface area contributed by atoms with E-state index >= 15 is 0 Å². The predicted molar refractivity (Wildman–Crippen MR) is 179 cm³/mol. The molecule has 0 spiro atoms. The molecule has 1 aliphatic carbocycles. The number of rotatable bonds is 12. The summed E-state index contributed by atoms with van der Waals surface area (Å²) in [6.07, 6.45) is 2.68. The Morgan fingerprint density at radius 3 is 2.49 bits per heavy atom. The van der Waals surface area contributed by atoms with Crippen LogP contribution in [-0.4, -0.2) is 44.7 Å². The maximum atomic E-state index is 14.5. The number of aryl methyl sites for hydroxylation is 1. The van der Waals surface area contributed by atoms with Crippen LogP contribution >= 0.6 is 23.2 Å². The Bertz CT molecular complexity index is 1710. The fourth-order valence-electron chi connectivity index (χ4n) is 6.02. The first kappa shape index (κ1) is 34.3. The summed E-state index contributed by atoms with van der Waals surface area (Å²) in [6, 6.07) is 11.2. The molecule has 250 valence electrons. The fraction of sp³-hybridized carbons (Fsp3) is 0.441. The first-order chi connectivity index (χ1) is 22.5. The summed E-state index contributed by atoms with van der Waals surface area (Å²) in [7, 11) is 0. The van der Waals surface area contributed by atoms with E-state index in [4.69, 9.17) is 32.4 Å². The minimum Gasteiger partial charge on any atom is -0.445 e. The lowest BCUT2D eigenvalue weighted by Gasteiger charge is -2.39. The lowest BCUT2D eigenvalue weighted by Crippen LogP contribution is -2.65. The number of fused-ring (bicyclic) bond motifs is 3. The van der Waals surface area contributed by atoms with Gasteiger partial charge in [0.25, 0.3) is 0 Å². The van der Waals surface area contributed by atoms with Crippen molar-refractivity contribution >= 4 is 52.0 Å². The molecular weight excluding hydrogens is 643 g/mol. The molecule has 11 nitrogen and oxygen atoms in total. The monoisotopic (exact) mass is 682 g/mol. The Balaban J connectivity index is 1.47. The maximum Gasteiger partial charge on any atom is 0.408 e. The Kier molecular flexibility index (Phi) is 10.8. The van der Waals surface area contributed by atoms with Gasteiger partial charge >= 0.3 is 6.09 Å². The van der Waals surface area contributed by atoms with Gasteiger partial charge in [0, 0.05) is 22.5 Å². The summed E-state index contributed by atoms with van der Waals surface area (Å²) in [5.41, 5.74) is 1.88. The molecule has 5 rings (SSSR count). The van der Waals surface area contributed by atoms with Crippen LogP contribution in [0.3, 0.4) is 0 Å². The molecule has 47 heavy (non-hydrogen) atoms. The van der Waals surface area contributed by atoms with Gasteiger partial charge < -0.3 is 30.1 Å². The Morgan fingerprint density at radius 2 is 1.81 bits per heavy atom.